The Hall–Kier alpha value is -1.13. The number of rotatable bonds is 7. The summed E-state index contributed by atoms with van der Waals surface area (Å²) in [5.74, 6) is 0.335. The highest BCUT2D eigenvalue weighted by Crippen LogP contribution is 2.23. The van der Waals surface area contributed by atoms with Crippen LogP contribution in [0.2, 0.25) is 0 Å². The fourth-order valence-electron chi connectivity index (χ4n) is 1.95. The number of benzene rings is 1. The van der Waals surface area contributed by atoms with E-state index in [0.29, 0.717) is 18.0 Å². The maximum Gasteiger partial charge on any atom is 0.168 e. The molecule has 1 aromatic rings. The number of methoxy groups -OCH3 is 1. The molecule has 108 valence electrons. The van der Waals surface area contributed by atoms with Crippen molar-refractivity contribution >= 4 is 0 Å². The molecule has 0 spiro atoms. The first-order valence-corrected chi connectivity index (χ1v) is 6.60. The Bertz CT molecular complexity index is 405. The number of hydrogen-bond acceptors (Lipinski definition) is 3. The normalized spacial score (nSPS) is 14.5. The predicted molar refractivity (Wildman–Crippen MR) is 75.0 cm³/mol. The van der Waals surface area contributed by atoms with Gasteiger partial charge < -0.3 is 15.2 Å². The van der Waals surface area contributed by atoms with Crippen LogP contribution in [-0.4, -0.2) is 30.9 Å². The van der Waals surface area contributed by atoms with E-state index in [-0.39, 0.29) is 12.2 Å². The molecule has 19 heavy (non-hydrogen) atoms. The van der Waals surface area contributed by atoms with Crippen molar-refractivity contribution in [3.63, 3.8) is 0 Å². The van der Waals surface area contributed by atoms with Crippen LogP contribution >= 0.6 is 0 Å². The summed E-state index contributed by atoms with van der Waals surface area (Å²) in [7, 11) is 1.44. The van der Waals surface area contributed by atoms with Gasteiger partial charge in [-0.15, -0.1) is 0 Å². The minimum Gasteiger partial charge on any atom is -0.494 e. The highest BCUT2D eigenvalue weighted by molar-refractivity contribution is 5.31. The SMILES string of the molecule is COc1cccc(CC(C)(O)CNCC(C)C)c1F. The lowest BCUT2D eigenvalue weighted by atomic mass is 9.95. The van der Waals surface area contributed by atoms with Crippen LogP contribution in [0.15, 0.2) is 18.2 Å². The van der Waals surface area contributed by atoms with Crippen LogP contribution < -0.4 is 10.1 Å². The number of ether oxygens (including phenoxy) is 1. The quantitative estimate of drug-likeness (QED) is 0.798. The van der Waals surface area contributed by atoms with Gasteiger partial charge in [-0.05, 0) is 31.0 Å². The molecule has 1 rings (SSSR count). The third-order valence-electron chi connectivity index (χ3n) is 2.89. The summed E-state index contributed by atoms with van der Waals surface area (Å²) in [5.41, 5.74) is -0.516. The number of aliphatic hydroxyl groups is 1. The van der Waals surface area contributed by atoms with Gasteiger partial charge in [0.25, 0.3) is 0 Å². The van der Waals surface area contributed by atoms with Gasteiger partial charge >= 0.3 is 0 Å². The average molecular weight is 269 g/mol. The predicted octanol–water partition coefficient (Wildman–Crippen LogP) is 2.37. The van der Waals surface area contributed by atoms with Crippen LogP contribution in [0, 0.1) is 11.7 Å². The summed E-state index contributed by atoms with van der Waals surface area (Å²) in [6.45, 7) is 7.17. The summed E-state index contributed by atoms with van der Waals surface area (Å²) in [4.78, 5) is 0. The van der Waals surface area contributed by atoms with Crippen molar-refractivity contribution < 1.29 is 14.2 Å². The summed E-state index contributed by atoms with van der Waals surface area (Å²) in [6.07, 6.45) is 0.251. The van der Waals surface area contributed by atoms with Crippen molar-refractivity contribution in [3.8, 4) is 5.75 Å². The molecule has 3 nitrogen and oxygen atoms in total. The topological polar surface area (TPSA) is 41.5 Å². The molecule has 0 aliphatic rings. The lowest BCUT2D eigenvalue weighted by Crippen LogP contribution is -2.41. The summed E-state index contributed by atoms with van der Waals surface area (Å²) < 4.78 is 18.9. The summed E-state index contributed by atoms with van der Waals surface area (Å²) in [6, 6.07) is 4.98. The van der Waals surface area contributed by atoms with Crippen molar-refractivity contribution in [2.24, 2.45) is 5.92 Å². The van der Waals surface area contributed by atoms with Crippen molar-refractivity contribution in [3.05, 3.63) is 29.6 Å². The van der Waals surface area contributed by atoms with Gasteiger partial charge in [-0.2, -0.15) is 0 Å². The number of nitrogens with one attached hydrogen (secondary N) is 1. The lowest BCUT2D eigenvalue weighted by molar-refractivity contribution is 0.0586. The van der Waals surface area contributed by atoms with Gasteiger partial charge in [-0.1, -0.05) is 26.0 Å². The zero-order valence-electron chi connectivity index (χ0n) is 12.2. The maximum absolute atomic E-state index is 14.0. The molecule has 0 aromatic heterocycles. The molecule has 1 atom stereocenters. The Labute approximate surface area is 114 Å². The van der Waals surface area contributed by atoms with E-state index in [2.05, 4.69) is 19.2 Å². The Morgan fingerprint density at radius 3 is 2.68 bits per heavy atom. The van der Waals surface area contributed by atoms with Gasteiger partial charge in [0, 0.05) is 13.0 Å². The molecule has 1 aromatic carbocycles. The Balaban J connectivity index is 2.67. The standard InChI is InChI=1S/C15H24FNO2/c1-11(2)9-17-10-15(3,18)8-12-6-5-7-13(19-4)14(12)16/h5-7,11,17-18H,8-10H2,1-4H3. The van der Waals surface area contributed by atoms with E-state index < -0.39 is 11.4 Å². The molecule has 0 aliphatic carbocycles. The highest BCUT2D eigenvalue weighted by atomic mass is 19.1. The fraction of sp³-hybridized carbons (Fsp3) is 0.600. The van der Waals surface area contributed by atoms with Crippen LogP contribution in [0.1, 0.15) is 26.3 Å². The Morgan fingerprint density at radius 1 is 1.42 bits per heavy atom. The largest absolute Gasteiger partial charge is 0.494 e. The van der Waals surface area contributed by atoms with Gasteiger partial charge in [-0.25, -0.2) is 4.39 Å². The van der Waals surface area contributed by atoms with Gasteiger partial charge in [-0.3, -0.25) is 0 Å². The van der Waals surface area contributed by atoms with E-state index in [1.165, 1.54) is 7.11 Å². The third-order valence-corrected chi connectivity index (χ3v) is 2.89. The van der Waals surface area contributed by atoms with Crippen molar-refractivity contribution in [2.75, 3.05) is 20.2 Å². The van der Waals surface area contributed by atoms with E-state index in [1.807, 2.05) is 0 Å². The van der Waals surface area contributed by atoms with Crippen LogP contribution in [0.5, 0.6) is 5.75 Å². The zero-order chi connectivity index (χ0) is 14.5. The van der Waals surface area contributed by atoms with Gasteiger partial charge in [0.2, 0.25) is 0 Å². The maximum atomic E-state index is 14.0. The number of halogens is 1. The smallest absolute Gasteiger partial charge is 0.168 e. The summed E-state index contributed by atoms with van der Waals surface area (Å²) in [5, 5.41) is 13.5. The molecule has 0 heterocycles. The highest BCUT2D eigenvalue weighted by Gasteiger charge is 2.23. The molecule has 0 saturated carbocycles. The minimum absolute atomic E-state index is 0.212. The average Bonchev–Trinajstić information content (AvgIpc) is 2.31. The van der Waals surface area contributed by atoms with Crippen molar-refractivity contribution in [1.82, 2.24) is 5.32 Å². The Morgan fingerprint density at radius 2 is 2.11 bits per heavy atom. The van der Waals surface area contributed by atoms with Gasteiger partial charge in [0.05, 0.1) is 12.7 Å². The first kappa shape index (κ1) is 15.9. The number of hydrogen-bond donors (Lipinski definition) is 2. The molecule has 0 amide bonds. The van der Waals surface area contributed by atoms with Crippen LogP contribution in [-0.2, 0) is 6.42 Å². The second-order valence-corrected chi connectivity index (χ2v) is 5.63. The van der Waals surface area contributed by atoms with Crippen molar-refractivity contribution in [2.45, 2.75) is 32.8 Å². The molecule has 2 N–H and O–H groups in total. The van der Waals surface area contributed by atoms with Crippen molar-refractivity contribution in [1.29, 1.82) is 0 Å². The molecule has 0 aliphatic heterocycles. The van der Waals surface area contributed by atoms with E-state index in [4.69, 9.17) is 4.74 Å². The monoisotopic (exact) mass is 269 g/mol. The van der Waals surface area contributed by atoms with Gasteiger partial charge in [0.1, 0.15) is 0 Å². The minimum atomic E-state index is -0.984. The van der Waals surface area contributed by atoms with E-state index >= 15 is 0 Å². The van der Waals surface area contributed by atoms with Crippen LogP contribution in [0.25, 0.3) is 0 Å². The van der Waals surface area contributed by atoms with Crippen LogP contribution in [0.4, 0.5) is 4.39 Å². The molecule has 0 radical (unpaired) electrons. The molecular formula is C15H24FNO2. The molecule has 0 bridgehead atoms. The Kier molecular flexibility index (Phi) is 5.76. The van der Waals surface area contributed by atoms with E-state index in [9.17, 15) is 9.50 Å². The van der Waals surface area contributed by atoms with Gasteiger partial charge in [0.15, 0.2) is 11.6 Å². The molecule has 0 fully saturated rings. The molecule has 1 unspecified atom stereocenters. The molecular weight excluding hydrogens is 245 g/mol. The summed E-state index contributed by atoms with van der Waals surface area (Å²) >= 11 is 0. The van der Waals surface area contributed by atoms with E-state index in [0.717, 1.165) is 6.54 Å². The lowest BCUT2D eigenvalue weighted by Gasteiger charge is -2.25. The first-order chi connectivity index (χ1) is 8.85. The second kappa shape index (κ2) is 6.87. The second-order valence-electron chi connectivity index (χ2n) is 5.63. The fourth-order valence-corrected chi connectivity index (χ4v) is 1.95. The third kappa shape index (κ3) is 5.17. The van der Waals surface area contributed by atoms with Crippen LogP contribution in [0.3, 0.4) is 0 Å². The van der Waals surface area contributed by atoms with E-state index in [1.54, 1.807) is 25.1 Å². The molecule has 4 heteroatoms. The zero-order valence-corrected chi connectivity index (χ0v) is 12.2. The first-order valence-electron chi connectivity index (χ1n) is 6.60. The molecule has 0 saturated heterocycles.